The van der Waals surface area contributed by atoms with E-state index in [1.54, 1.807) is 0 Å². The van der Waals surface area contributed by atoms with Crippen molar-refractivity contribution in [1.82, 2.24) is 5.32 Å². The van der Waals surface area contributed by atoms with Gasteiger partial charge in [-0.3, -0.25) is 18.6 Å². The van der Waals surface area contributed by atoms with Gasteiger partial charge >= 0.3 is 13.8 Å². The number of carbonyl (C=O) groups is 2. The van der Waals surface area contributed by atoms with Gasteiger partial charge in [-0.05, 0) is 122 Å². The van der Waals surface area contributed by atoms with Crippen LogP contribution in [0.3, 0.4) is 0 Å². The van der Waals surface area contributed by atoms with Crippen molar-refractivity contribution in [3.63, 3.8) is 0 Å². The summed E-state index contributed by atoms with van der Waals surface area (Å²) in [5, 5.41) is 3.06. The van der Waals surface area contributed by atoms with Crippen LogP contribution < -0.4 is 5.32 Å². The quantitative estimate of drug-likeness (QED) is 0.0205. The predicted octanol–water partition coefficient (Wildman–Crippen LogP) is 22.2. The summed E-state index contributed by atoms with van der Waals surface area (Å²) in [6, 6.07) is -0.869. The zero-order valence-corrected chi connectivity index (χ0v) is 56.7. The number of unbranched alkanes of at least 4 members (excludes halogenated alkanes) is 28. The van der Waals surface area contributed by atoms with E-state index >= 15 is 0 Å². The van der Waals surface area contributed by atoms with E-state index in [0.717, 1.165) is 116 Å². The predicted molar refractivity (Wildman–Crippen MR) is 369 cm³/mol. The van der Waals surface area contributed by atoms with E-state index in [4.69, 9.17) is 13.8 Å². The van der Waals surface area contributed by atoms with Gasteiger partial charge in [-0.25, -0.2) is 4.57 Å². The molecule has 0 aliphatic heterocycles. The Morgan fingerprint density at radius 3 is 1.15 bits per heavy atom. The summed E-state index contributed by atoms with van der Waals surface area (Å²) in [5.41, 5.74) is 0. The smallest absolute Gasteiger partial charge is 0.456 e. The van der Waals surface area contributed by atoms with Crippen molar-refractivity contribution in [2.75, 3.05) is 40.9 Å². The fraction of sp³-hybridized carbons (Fsp3) is 0.707. The Hall–Kier alpha value is -3.59. The van der Waals surface area contributed by atoms with Gasteiger partial charge in [-0.15, -0.1) is 0 Å². The molecule has 3 unspecified atom stereocenters. The van der Waals surface area contributed by atoms with Crippen LogP contribution >= 0.6 is 7.82 Å². The molecule has 0 aliphatic carbocycles. The molecule has 0 rings (SSSR count). The van der Waals surface area contributed by atoms with Gasteiger partial charge in [0.2, 0.25) is 5.91 Å². The van der Waals surface area contributed by atoms with Crippen LogP contribution in [-0.2, 0) is 27.9 Å². The van der Waals surface area contributed by atoms with E-state index in [0.29, 0.717) is 23.9 Å². The van der Waals surface area contributed by atoms with Crippen molar-refractivity contribution >= 4 is 19.7 Å². The maximum atomic E-state index is 13.6. The summed E-state index contributed by atoms with van der Waals surface area (Å²) in [7, 11) is 1.47. The molecule has 0 aliphatic rings. The zero-order valence-electron chi connectivity index (χ0n) is 55.8. The van der Waals surface area contributed by atoms with Crippen LogP contribution in [0, 0.1) is 0 Å². The highest BCUT2D eigenvalue weighted by Crippen LogP contribution is 2.43. The van der Waals surface area contributed by atoms with Crippen LogP contribution in [0.5, 0.6) is 0 Å². The number of quaternary nitrogens is 1. The first-order chi connectivity index (χ1) is 41.4. The van der Waals surface area contributed by atoms with Gasteiger partial charge in [0.05, 0.1) is 33.8 Å². The Bertz CT molecular complexity index is 1870. The monoisotopic (exact) mass is 1200 g/mol. The summed E-state index contributed by atoms with van der Waals surface area (Å²) < 4.78 is 30.8. The summed E-state index contributed by atoms with van der Waals surface area (Å²) >= 11 is 0. The van der Waals surface area contributed by atoms with Crippen molar-refractivity contribution in [2.45, 2.75) is 303 Å². The fourth-order valence-electron chi connectivity index (χ4n) is 9.54. The van der Waals surface area contributed by atoms with Crippen LogP contribution in [0.2, 0.25) is 0 Å². The molecule has 0 spiro atoms. The molecule has 85 heavy (non-hydrogen) atoms. The average molecular weight is 1200 g/mol. The lowest BCUT2D eigenvalue weighted by atomic mass is 10.0. The Morgan fingerprint density at radius 1 is 0.424 bits per heavy atom. The van der Waals surface area contributed by atoms with Crippen LogP contribution in [0.25, 0.3) is 0 Å². The number of nitrogens with zero attached hydrogens (tertiary/aromatic N) is 1. The van der Waals surface area contributed by atoms with E-state index in [9.17, 15) is 19.0 Å². The van der Waals surface area contributed by atoms with E-state index in [1.807, 2.05) is 33.3 Å². The third-order valence-corrected chi connectivity index (χ3v) is 15.9. The first kappa shape index (κ1) is 81.4. The van der Waals surface area contributed by atoms with Crippen LogP contribution in [0.1, 0.15) is 290 Å². The molecule has 0 radical (unpaired) electrons. The van der Waals surface area contributed by atoms with Gasteiger partial charge in [-0.2, -0.15) is 0 Å². The molecule has 0 fully saturated rings. The molecule has 2 N–H and O–H groups in total. The van der Waals surface area contributed by atoms with Gasteiger partial charge in [0.1, 0.15) is 19.3 Å². The molecule has 0 saturated heterocycles. The van der Waals surface area contributed by atoms with Crippen molar-refractivity contribution in [3.05, 3.63) is 122 Å². The first-order valence-corrected chi connectivity index (χ1v) is 36.4. The second-order valence-electron chi connectivity index (χ2n) is 24.3. The minimum atomic E-state index is -4.47. The third-order valence-electron chi connectivity index (χ3n) is 14.9. The second kappa shape index (κ2) is 63.4. The minimum Gasteiger partial charge on any atom is -0.456 e. The summed E-state index contributed by atoms with van der Waals surface area (Å²) in [4.78, 5) is 37.9. The highest BCUT2D eigenvalue weighted by Gasteiger charge is 2.30. The summed E-state index contributed by atoms with van der Waals surface area (Å²) in [6.45, 7) is 6.85. The molecule has 0 aromatic heterocycles. The standard InChI is InChI=1S/C75H131N2O7P/c1-7-10-13-16-19-22-25-27-29-31-33-35-37-38-40-41-43-45-47-49-52-55-58-61-64-67-74(78)76-72(71-83-85(80,81)82-70-69-77(4,5)6)73(66-63-60-57-54-51-24-21-18-15-12-9-3)84-75(79)68-65-62-59-56-53-50-48-46-44-42-39-36-34-32-30-28-26-23-20-17-14-11-8-2/h11,14,19-20,22-23,27-30,33-36,42,44,48,50,63,66,72-73H,7-10,12-13,15-18,21,24-26,31-32,37-41,43,45-47,49,51-62,64-65,67-71H2,1-6H3,(H-,76,78,80,81)/p+1/b14-11-,22-19-,23-20-,29-27-,30-28-,35-33-,36-34-,44-42-,50-48-,66-63+. The normalized spacial score (nSPS) is 14.3. The third kappa shape index (κ3) is 64.7. The SMILES string of the molecule is CC/C=C\C/C=C\C/C=C\C/C=C\C/C=C\C/C=C\CCCCCCC(=O)OC(/C=C/CCCCCCCCCCC)C(COP(=O)(O)OCC[N+](C)(C)C)NC(=O)CCCCCCCCCCCCCC/C=C\C/C=C\C/C=C\CCCCC. The largest absolute Gasteiger partial charge is 0.472 e. The van der Waals surface area contributed by atoms with Crippen LogP contribution in [-0.4, -0.2) is 74.3 Å². The molecule has 0 aromatic carbocycles. The molecular weight excluding hydrogens is 1070 g/mol. The van der Waals surface area contributed by atoms with Crippen molar-refractivity contribution < 1.29 is 37.3 Å². The lowest BCUT2D eigenvalue weighted by Gasteiger charge is -2.27. The number of hydrogen-bond donors (Lipinski definition) is 2. The minimum absolute atomic E-state index is 0.0297. The van der Waals surface area contributed by atoms with E-state index < -0.39 is 20.0 Å². The topological polar surface area (TPSA) is 111 Å². The number of phosphoric ester groups is 1. The molecule has 10 heteroatoms. The Labute approximate surface area is 524 Å². The maximum absolute atomic E-state index is 13.6. The van der Waals surface area contributed by atoms with Gasteiger partial charge in [0, 0.05) is 12.8 Å². The number of ether oxygens (including phenoxy) is 1. The highest BCUT2D eigenvalue weighted by molar-refractivity contribution is 7.47. The number of phosphoric acid groups is 1. The molecule has 0 heterocycles. The van der Waals surface area contributed by atoms with E-state index in [-0.39, 0.29) is 31.5 Å². The second-order valence-corrected chi connectivity index (χ2v) is 25.8. The average Bonchev–Trinajstić information content (AvgIpc) is 3.62. The summed E-state index contributed by atoms with van der Waals surface area (Å²) in [5.74, 6) is -0.539. The number of amides is 1. The molecule has 488 valence electrons. The molecule has 1 amide bonds. The zero-order chi connectivity index (χ0) is 62.1. The number of rotatable bonds is 62. The van der Waals surface area contributed by atoms with Gasteiger partial charge in [-0.1, -0.05) is 277 Å². The van der Waals surface area contributed by atoms with Gasteiger partial charge < -0.3 is 19.4 Å². The first-order valence-electron chi connectivity index (χ1n) is 34.9. The number of allylic oxidation sites excluding steroid dienone is 19. The lowest BCUT2D eigenvalue weighted by molar-refractivity contribution is -0.870. The van der Waals surface area contributed by atoms with Crippen molar-refractivity contribution in [1.29, 1.82) is 0 Å². The van der Waals surface area contributed by atoms with Crippen LogP contribution in [0.15, 0.2) is 122 Å². The highest BCUT2D eigenvalue weighted by atomic mass is 31.2. The number of nitrogens with one attached hydrogen (secondary N) is 1. The molecular formula is C75H132N2O7P+. The number of esters is 1. The lowest BCUT2D eigenvalue weighted by Crippen LogP contribution is -2.47. The Kier molecular flexibility index (Phi) is 60.8. The number of carbonyl (C=O) groups excluding carboxylic acids is 2. The molecule has 9 nitrogen and oxygen atoms in total. The molecule has 0 saturated carbocycles. The van der Waals surface area contributed by atoms with Crippen molar-refractivity contribution in [3.8, 4) is 0 Å². The number of hydrogen-bond acceptors (Lipinski definition) is 6. The molecule has 0 aromatic rings. The summed E-state index contributed by atoms with van der Waals surface area (Å²) in [6.07, 6.45) is 89.2. The van der Waals surface area contributed by atoms with Gasteiger partial charge in [0.25, 0.3) is 0 Å². The maximum Gasteiger partial charge on any atom is 0.472 e. The number of likely N-dealkylation sites (N-methyl/N-ethyl adjacent to an activating group) is 1. The molecule has 0 bridgehead atoms. The van der Waals surface area contributed by atoms with Crippen LogP contribution in [0.4, 0.5) is 0 Å². The van der Waals surface area contributed by atoms with E-state index in [1.165, 1.54) is 135 Å². The van der Waals surface area contributed by atoms with Gasteiger partial charge in [0.15, 0.2) is 0 Å². The van der Waals surface area contributed by atoms with Crippen molar-refractivity contribution in [2.24, 2.45) is 0 Å². The molecule has 3 atom stereocenters. The fourth-order valence-corrected chi connectivity index (χ4v) is 10.3. The van der Waals surface area contributed by atoms with E-state index in [2.05, 4.69) is 135 Å². The Balaban J connectivity index is 5.12. The Morgan fingerprint density at radius 2 is 0.753 bits per heavy atom.